The molecule has 0 saturated heterocycles. The number of hydrogen-bond acceptors (Lipinski definition) is 4. The van der Waals surface area contributed by atoms with E-state index in [0.29, 0.717) is 6.61 Å². The smallest absolute Gasteiger partial charge is 0.0924 e. The topological polar surface area (TPSA) is 54.0 Å². The summed E-state index contributed by atoms with van der Waals surface area (Å²) in [7, 11) is 1.73. The molecule has 0 saturated carbocycles. The molecule has 1 aromatic carbocycles. The Kier molecular flexibility index (Phi) is 5.71. The number of methoxy groups -OCH3 is 1. The zero-order valence-corrected chi connectivity index (χ0v) is 13.9. The fourth-order valence-corrected chi connectivity index (χ4v) is 2.62. The van der Waals surface area contributed by atoms with Crippen LogP contribution in [-0.2, 0) is 17.8 Å². The summed E-state index contributed by atoms with van der Waals surface area (Å²) in [6, 6.07) is 16.4. The molecule has 0 aliphatic carbocycles. The highest BCUT2D eigenvalue weighted by molar-refractivity contribution is 5.58. The van der Waals surface area contributed by atoms with E-state index < -0.39 is 0 Å². The van der Waals surface area contributed by atoms with E-state index in [2.05, 4.69) is 44.3 Å². The molecule has 0 radical (unpaired) electrons. The number of benzene rings is 1. The molecule has 2 heterocycles. The number of hydrogen-bond donors (Lipinski definition) is 1. The van der Waals surface area contributed by atoms with Crippen molar-refractivity contribution in [3.05, 3.63) is 72.2 Å². The van der Waals surface area contributed by atoms with E-state index >= 15 is 0 Å². The Morgan fingerprint density at radius 1 is 1.08 bits per heavy atom. The normalized spacial score (nSPS) is 11.1. The monoisotopic (exact) mass is 322 g/mol. The Morgan fingerprint density at radius 2 is 1.96 bits per heavy atom. The second kappa shape index (κ2) is 8.38. The lowest BCUT2D eigenvalue weighted by Gasteiger charge is -2.21. The van der Waals surface area contributed by atoms with Gasteiger partial charge in [0.2, 0.25) is 0 Å². The lowest BCUT2D eigenvalue weighted by molar-refractivity contribution is 0.139. The number of aromatic amines is 1. The molecule has 3 rings (SSSR count). The van der Waals surface area contributed by atoms with Crippen molar-refractivity contribution in [3.8, 4) is 11.3 Å². The number of ether oxygens (including phenoxy) is 1. The van der Waals surface area contributed by atoms with Gasteiger partial charge in [-0.25, -0.2) is 0 Å². The first kappa shape index (κ1) is 16.4. The van der Waals surface area contributed by atoms with Gasteiger partial charge in [-0.15, -0.1) is 0 Å². The second-order valence-corrected chi connectivity index (χ2v) is 5.71. The van der Waals surface area contributed by atoms with Crippen molar-refractivity contribution in [1.82, 2.24) is 20.1 Å². The third-order valence-corrected chi connectivity index (χ3v) is 3.84. The Hall–Kier alpha value is -2.50. The second-order valence-electron chi connectivity index (χ2n) is 5.71. The number of H-pyrrole nitrogens is 1. The van der Waals surface area contributed by atoms with Gasteiger partial charge >= 0.3 is 0 Å². The molecule has 0 unspecified atom stereocenters. The van der Waals surface area contributed by atoms with Crippen molar-refractivity contribution in [1.29, 1.82) is 0 Å². The Bertz CT molecular complexity index is 727. The van der Waals surface area contributed by atoms with E-state index in [0.717, 1.165) is 36.6 Å². The maximum Gasteiger partial charge on any atom is 0.0924 e. The summed E-state index contributed by atoms with van der Waals surface area (Å²) in [5.74, 6) is 0. The van der Waals surface area contributed by atoms with E-state index in [1.807, 2.05) is 30.5 Å². The van der Waals surface area contributed by atoms with E-state index in [4.69, 9.17) is 4.74 Å². The van der Waals surface area contributed by atoms with Crippen LogP contribution in [0.25, 0.3) is 11.3 Å². The van der Waals surface area contributed by atoms with Crippen LogP contribution in [0.5, 0.6) is 0 Å². The van der Waals surface area contributed by atoms with E-state index in [1.165, 1.54) is 5.56 Å². The van der Waals surface area contributed by atoms with Crippen LogP contribution in [-0.4, -0.2) is 40.3 Å². The summed E-state index contributed by atoms with van der Waals surface area (Å²) in [6.45, 7) is 3.17. The van der Waals surface area contributed by atoms with Gasteiger partial charge in [0.05, 0.1) is 12.3 Å². The molecule has 3 aromatic rings. The lowest BCUT2D eigenvalue weighted by atomic mass is 10.1. The summed E-state index contributed by atoms with van der Waals surface area (Å²) >= 11 is 0. The predicted octanol–water partition coefficient (Wildman–Crippen LogP) is 3.12. The van der Waals surface area contributed by atoms with Gasteiger partial charge in [-0.3, -0.25) is 15.0 Å². The Balaban J connectivity index is 1.69. The van der Waals surface area contributed by atoms with E-state index in [1.54, 1.807) is 13.3 Å². The quantitative estimate of drug-likeness (QED) is 0.692. The van der Waals surface area contributed by atoms with Crippen LogP contribution >= 0.6 is 0 Å². The molecule has 2 aromatic heterocycles. The summed E-state index contributed by atoms with van der Waals surface area (Å²) in [5, 5.41) is 7.58. The first-order valence-corrected chi connectivity index (χ1v) is 8.05. The maximum absolute atomic E-state index is 5.24. The molecule has 0 bridgehead atoms. The van der Waals surface area contributed by atoms with Gasteiger partial charge in [-0.2, -0.15) is 5.10 Å². The SMILES string of the molecule is COCCN(Cc1cccnc1)Cc1cc(-c2ccccc2)n[nH]1. The number of aromatic nitrogens is 3. The first-order valence-electron chi connectivity index (χ1n) is 8.05. The molecule has 24 heavy (non-hydrogen) atoms. The van der Waals surface area contributed by atoms with Gasteiger partial charge < -0.3 is 4.74 Å². The molecule has 124 valence electrons. The summed E-state index contributed by atoms with van der Waals surface area (Å²) in [6.07, 6.45) is 3.70. The Morgan fingerprint density at radius 3 is 2.71 bits per heavy atom. The van der Waals surface area contributed by atoms with Crippen molar-refractivity contribution in [2.45, 2.75) is 13.1 Å². The molecule has 5 heteroatoms. The van der Waals surface area contributed by atoms with Gasteiger partial charge in [-0.05, 0) is 17.7 Å². The van der Waals surface area contributed by atoms with Crippen LogP contribution in [0.15, 0.2) is 60.9 Å². The molecule has 0 atom stereocenters. The minimum Gasteiger partial charge on any atom is -0.383 e. The van der Waals surface area contributed by atoms with Crippen LogP contribution in [0, 0.1) is 0 Å². The van der Waals surface area contributed by atoms with Gasteiger partial charge in [0.15, 0.2) is 0 Å². The van der Waals surface area contributed by atoms with Crippen LogP contribution in [0.4, 0.5) is 0 Å². The molecule has 0 fully saturated rings. The minimum absolute atomic E-state index is 0.694. The Labute approximate surface area is 142 Å². The summed E-state index contributed by atoms with van der Waals surface area (Å²) < 4.78 is 5.24. The van der Waals surface area contributed by atoms with Crippen LogP contribution < -0.4 is 0 Å². The average Bonchev–Trinajstić information content (AvgIpc) is 3.10. The molecule has 1 N–H and O–H groups in total. The number of pyridine rings is 1. The zero-order valence-electron chi connectivity index (χ0n) is 13.9. The standard InChI is InChI=1S/C19H22N4O/c1-24-11-10-23(14-16-6-5-9-20-13-16)15-18-12-19(22-21-18)17-7-3-2-4-8-17/h2-9,12-13H,10-11,14-15H2,1H3,(H,21,22). The maximum atomic E-state index is 5.24. The van der Waals surface area contributed by atoms with Gasteiger partial charge in [0.1, 0.15) is 0 Å². The predicted molar refractivity (Wildman–Crippen MR) is 94.3 cm³/mol. The van der Waals surface area contributed by atoms with Crippen LogP contribution in [0.2, 0.25) is 0 Å². The van der Waals surface area contributed by atoms with Gasteiger partial charge in [0.25, 0.3) is 0 Å². The lowest BCUT2D eigenvalue weighted by Crippen LogP contribution is -2.26. The number of rotatable bonds is 8. The molecular weight excluding hydrogens is 300 g/mol. The van der Waals surface area contributed by atoms with Crippen molar-refractivity contribution in [3.63, 3.8) is 0 Å². The molecule has 0 amide bonds. The zero-order chi connectivity index (χ0) is 16.6. The van der Waals surface area contributed by atoms with Crippen molar-refractivity contribution < 1.29 is 4.74 Å². The van der Waals surface area contributed by atoms with E-state index in [9.17, 15) is 0 Å². The fraction of sp³-hybridized carbons (Fsp3) is 0.263. The third-order valence-electron chi connectivity index (χ3n) is 3.84. The van der Waals surface area contributed by atoms with Crippen LogP contribution in [0.1, 0.15) is 11.3 Å². The average molecular weight is 322 g/mol. The van der Waals surface area contributed by atoms with E-state index in [-0.39, 0.29) is 0 Å². The summed E-state index contributed by atoms with van der Waals surface area (Å²) in [5.41, 5.74) is 4.37. The molecule has 5 nitrogen and oxygen atoms in total. The highest BCUT2D eigenvalue weighted by Crippen LogP contribution is 2.18. The third kappa shape index (κ3) is 4.50. The van der Waals surface area contributed by atoms with Crippen LogP contribution in [0.3, 0.4) is 0 Å². The van der Waals surface area contributed by atoms with Crippen molar-refractivity contribution >= 4 is 0 Å². The largest absolute Gasteiger partial charge is 0.383 e. The molecule has 0 spiro atoms. The van der Waals surface area contributed by atoms with Crippen molar-refractivity contribution in [2.24, 2.45) is 0 Å². The first-order chi connectivity index (χ1) is 11.8. The minimum atomic E-state index is 0.694. The highest BCUT2D eigenvalue weighted by atomic mass is 16.5. The summed E-state index contributed by atoms with van der Waals surface area (Å²) in [4.78, 5) is 6.51. The van der Waals surface area contributed by atoms with Gasteiger partial charge in [0, 0.05) is 50.4 Å². The molecular formula is C19H22N4O. The number of nitrogens with zero attached hydrogens (tertiary/aromatic N) is 3. The van der Waals surface area contributed by atoms with Crippen molar-refractivity contribution in [2.75, 3.05) is 20.3 Å². The van der Waals surface area contributed by atoms with Gasteiger partial charge in [-0.1, -0.05) is 36.4 Å². The molecule has 0 aliphatic heterocycles. The fourth-order valence-electron chi connectivity index (χ4n) is 2.62. The molecule has 0 aliphatic rings. The highest BCUT2D eigenvalue weighted by Gasteiger charge is 2.10. The number of nitrogens with one attached hydrogen (secondary N) is 1.